The van der Waals surface area contributed by atoms with Gasteiger partial charge in [-0.05, 0) is 40.0 Å². The van der Waals surface area contributed by atoms with Gasteiger partial charge in [0, 0.05) is 26.1 Å². The van der Waals surface area contributed by atoms with Crippen molar-refractivity contribution in [1.82, 2.24) is 9.80 Å². The van der Waals surface area contributed by atoms with Gasteiger partial charge >= 0.3 is 6.09 Å². The molecule has 120 valence electrons. The topological polar surface area (TPSA) is 70.1 Å². The molecule has 2 fully saturated rings. The molecule has 0 unspecified atom stereocenters. The number of carbonyl (C=O) groups is 2. The van der Waals surface area contributed by atoms with Crippen LogP contribution in [-0.2, 0) is 9.53 Å². The van der Waals surface area contributed by atoms with E-state index in [9.17, 15) is 14.7 Å². The predicted octanol–water partition coefficient (Wildman–Crippen LogP) is 1.37. The molecule has 0 radical (unpaired) electrons. The Morgan fingerprint density at radius 1 is 1.29 bits per heavy atom. The minimum Gasteiger partial charge on any atom is -0.444 e. The summed E-state index contributed by atoms with van der Waals surface area (Å²) in [4.78, 5) is 27.5. The standard InChI is InChI=1S/C15H26N2O4/c1-15(2,3)21-14(20)16-9-7-12(18)11(10-16)17-8-5-4-6-13(17)19/h11-12,18H,4-10H2,1-3H3/t11-,12-/m0/s1. The summed E-state index contributed by atoms with van der Waals surface area (Å²) in [5, 5.41) is 10.2. The van der Waals surface area contributed by atoms with Crippen molar-refractivity contribution in [2.75, 3.05) is 19.6 Å². The number of likely N-dealkylation sites (tertiary alicyclic amines) is 2. The predicted molar refractivity (Wildman–Crippen MR) is 77.8 cm³/mol. The van der Waals surface area contributed by atoms with Crippen LogP contribution in [0.5, 0.6) is 0 Å². The van der Waals surface area contributed by atoms with Gasteiger partial charge in [-0.2, -0.15) is 0 Å². The monoisotopic (exact) mass is 298 g/mol. The number of aliphatic hydroxyl groups is 1. The lowest BCUT2D eigenvalue weighted by atomic mass is 9.98. The minimum atomic E-state index is -0.564. The van der Waals surface area contributed by atoms with Crippen molar-refractivity contribution in [3.05, 3.63) is 0 Å². The zero-order valence-electron chi connectivity index (χ0n) is 13.2. The Morgan fingerprint density at radius 3 is 2.62 bits per heavy atom. The number of nitrogens with zero attached hydrogens (tertiary/aromatic N) is 2. The molecule has 1 N–H and O–H groups in total. The number of piperidine rings is 2. The average Bonchev–Trinajstić information content (AvgIpc) is 2.38. The highest BCUT2D eigenvalue weighted by Gasteiger charge is 2.38. The molecule has 2 aliphatic heterocycles. The number of rotatable bonds is 1. The smallest absolute Gasteiger partial charge is 0.410 e. The fourth-order valence-electron chi connectivity index (χ4n) is 2.90. The second-order valence-corrected chi connectivity index (χ2v) is 6.89. The average molecular weight is 298 g/mol. The fraction of sp³-hybridized carbons (Fsp3) is 0.867. The molecule has 0 aromatic rings. The molecule has 2 rings (SSSR count). The molecule has 6 heteroatoms. The van der Waals surface area contributed by atoms with Crippen LogP contribution in [0, 0.1) is 0 Å². The van der Waals surface area contributed by atoms with Crippen LogP contribution >= 0.6 is 0 Å². The van der Waals surface area contributed by atoms with Gasteiger partial charge in [-0.15, -0.1) is 0 Å². The van der Waals surface area contributed by atoms with Crippen molar-refractivity contribution >= 4 is 12.0 Å². The minimum absolute atomic E-state index is 0.0799. The third-order valence-corrected chi connectivity index (χ3v) is 3.96. The largest absolute Gasteiger partial charge is 0.444 e. The van der Waals surface area contributed by atoms with E-state index in [2.05, 4.69) is 0 Å². The molecular formula is C15H26N2O4. The van der Waals surface area contributed by atoms with Gasteiger partial charge in [-0.25, -0.2) is 4.79 Å². The van der Waals surface area contributed by atoms with E-state index in [0.29, 0.717) is 32.5 Å². The highest BCUT2D eigenvalue weighted by molar-refractivity contribution is 5.77. The Morgan fingerprint density at radius 2 is 2.00 bits per heavy atom. The third kappa shape index (κ3) is 4.09. The van der Waals surface area contributed by atoms with Crippen molar-refractivity contribution < 1.29 is 19.4 Å². The van der Waals surface area contributed by atoms with Crippen LogP contribution in [0.25, 0.3) is 0 Å². The quantitative estimate of drug-likeness (QED) is 0.794. The van der Waals surface area contributed by atoms with Gasteiger partial charge in [-0.1, -0.05) is 0 Å². The molecule has 0 aromatic heterocycles. The summed E-state index contributed by atoms with van der Waals surface area (Å²) in [6.07, 6.45) is 1.95. The maximum Gasteiger partial charge on any atom is 0.410 e. The number of carbonyl (C=O) groups excluding carboxylic acids is 2. The van der Waals surface area contributed by atoms with E-state index in [1.165, 1.54) is 0 Å². The summed E-state index contributed by atoms with van der Waals surface area (Å²) in [6.45, 7) is 6.97. The molecule has 0 saturated carbocycles. The Labute approximate surface area is 126 Å². The maximum absolute atomic E-state index is 12.1. The molecular weight excluding hydrogens is 272 g/mol. The number of ether oxygens (including phenoxy) is 1. The van der Waals surface area contributed by atoms with E-state index in [4.69, 9.17) is 4.74 Å². The summed E-state index contributed by atoms with van der Waals surface area (Å²) in [6, 6.07) is -0.306. The first kappa shape index (κ1) is 16.1. The molecule has 2 amide bonds. The lowest BCUT2D eigenvalue weighted by molar-refractivity contribution is -0.141. The van der Waals surface area contributed by atoms with Crippen molar-refractivity contribution in [2.45, 2.75) is 64.2 Å². The summed E-state index contributed by atoms with van der Waals surface area (Å²) in [5.41, 5.74) is -0.538. The second kappa shape index (κ2) is 6.22. The normalized spacial score (nSPS) is 27.7. The van der Waals surface area contributed by atoms with E-state index in [1.54, 1.807) is 9.80 Å². The molecule has 2 atom stereocenters. The van der Waals surface area contributed by atoms with E-state index in [0.717, 1.165) is 12.8 Å². The third-order valence-electron chi connectivity index (χ3n) is 3.96. The SMILES string of the molecule is CC(C)(C)OC(=O)N1CC[C@H](O)[C@@H](N2CCCCC2=O)C1. The Hall–Kier alpha value is -1.30. The maximum atomic E-state index is 12.1. The summed E-state index contributed by atoms with van der Waals surface area (Å²) < 4.78 is 5.38. The van der Waals surface area contributed by atoms with Crippen LogP contribution in [0.15, 0.2) is 0 Å². The molecule has 0 aliphatic carbocycles. The van der Waals surface area contributed by atoms with Gasteiger partial charge < -0.3 is 19.6 Å². The fourth-order valence-corrected chi connectivity index (χ4v) is 2.90. The van der Waals surface area contributed by atoms with E-state index < -0.39 is 11.7 Å². The van der Waals surface area contributed by atoms with Crippen LogP contribution in [0.2, 0.25) is 0 Å². The molecule has 2 heterocycles. The van der Waals surface area contributed by atoms with Crippen LogP contribution < -0.4 is 0 Å². The van der Waals surface area contributed by atoms with Gasteiger partial charge in [0.25, 0.3) is 0 Å². The summed E-state index contributed by atoms with van der Waals surface area (Å²) >= 11 is 0. The number of aliphatic hydroxyl groups excluding tert-OH is 1. The summed E-state index contributed by atoms with van der Waals surface area (Å²) in [7, 11) is 0. The van der Waals surface area contributed by atoms with Gasteiger partial charge in [0.05, 0.1) is 12.1 Å². The van der Waals surface area contributed by atoms with Gasteiger partial charge in [0.1, 0.15) is 5.60 Å². The van der Waals surface area contributed by atoms with Gasteiger partial charge in [-0.3, -0.25) is 4.79 Å². The second-order valence-electron chi connectivity index (χ2n) is 6.89. The highest BCUT2D eigenvalue weighted by Crippen LogP contribution is 2.23. The number of hydrogen-bond acceptors (Lipinski definition) is 4. The van der Waals surface area contributed by atoms with Crippen molar-refractivity contribution in [2.24, 2.45) is 0 Å². The van der Waals surface area contributed by atoms with E-state index >= 15 is 0 Å². The molecule has 6 nitrogen and oxygen atoms in total. The van der Waals surface area contributed by atoms with E-state index in [-0.39, 0.29) is 18.0 Å². The molecule has 2 saturated heterocycles. The summed E-state index contributed by atoms with van der Waals surface area (Å²) in [5.74, 6) is 0.0799. The van der Waals surface area contributed by atoms with E-state index in [1.807, 2.05) is 20.8 Å². The van der Waals surface area contributed by atoms with Crippen molar-refractivity contribution in [1.29, 1.82) is 0 Å². The van der Waals surface area contributed by atoms with Crippen molar-refractivity contribution in [3.8, 4) is 0 Å². The van der Waals surface area contributed by atoms with Crippen LogP contribution in [-0.4, -0.2) is 64.3 Å². The molecule has 21 heavy (non-hydrogen) atoms. The first-order valence-electron chi connectivity index (χ1n) is 7.73. The Bertz CT molecular complexity index is 405. The first-order chi connectivity index (χ1) is 9.78. The van der Waals surface area contributed by atoms with Crippen LogP contribution in [0.3, 0.4) is 0 Å². The zero-order valence-corrected chi connectivity index (χ0v) is 13.2. The number of hydrogen-bond donors (Lipinski definition) is 1. The van der Waals surface area contributed by atoms with Gasteiger partial charge in [0.2, 0.25) is 5.91 Å². The first-order valence-corrected chi connectivity index (χ1v) is 7.73. The van der Waals surface area contributed by atoms with Crippen LogP contribution in [0.1, 0.15) is 46.5 Å². The Kier molecular flexibility index (Phi) is 4.76. The highest BCUT2D eigenvalue weighted by atomic mass is 16.6. The van der Waals surface area contributed by atoms with Crippen LogP contribution in [0.4, 0.5) is 4.79 Å². The lowest BCUT2D eigenvalue weighted by Gasteiger charge is -2.43. The lowest BCUT2D eigenvalue weighted by Crippen LogP contribution is -2.59. The van der Waals surface area contributed by atoms with Crippen molar-refractivity contribution in [3.63, 3.8) is 0 Å². The van der Waals surface area contributed by atoms with Gasteiger partial charge in [0.15, 0.2) is 0 Å². The molecule has 0 aromatic carbocycles. The Balaban J connectivity index is 2.01. The molecule has 2 aliphatic rings. The molecule has 0 spiro atoms. The number of amides is 2. The molecule has 0 bridgehead atoms. The zero-order chi connectivity index (χ0) is 15.6.